The summed E-state index contributed by atoms with van der Waals surface area (Å²) >= 11 is 0. The van der Waals surface area contributed by atoms with E-state index in [9.17, 15) is 4.79 Å². The molecule has 6 nitrogen and oxygen atoms in total. The first-order chi connectivity index (χ1) is 17.7. The van der Waals surface area contributed by atoms with Crippen molar-refractivity contribution in [2.24, 2.45) is 0 Å². The van der Waals surface area contributed by atoms with Crippen LogP contribution in [0.2, 0.25) is 0 Å². The zero-order valence-corrected chi connectivity index (χ0v) is 19.4. The van der Waals surface area contributed by atoms with E-state index >= 15 is 0 Å². The molecule has 0 aliphatic heterocycles. The van der Waals surface area contributed by atoms with Crippen molar-refractivity contribution in [2.75, 3.05) is 7.11 Å². The van der Waals surface area contributed by atoms with Gasteiger partial charge in [-0.1, -0.05) is 72.8 Å². The predicted molar refractivity (Wildman–Crippen MR) is 144 cm³/mol. The van der Waals surface area contributed by atoms with Gasteiger partial charge in [-0.15, -0.1) is 0 Å². The molecule has 0 unspecified atom stereocenters. The van der Waals surface area contributed by atoms with Crippen molar-refractivity contribution in [1.29, 1.82) is 0 Å². The fraction of sp³-hybridized carbons (Fsp3) is 0.0333. The number of methoxy groups -OCH3 is 1. The van der Waals surface area contributed by atoms with Gasteiger partial charge in [0, 0.05) is 32.6 Å². The summed E-state index contributed by atoms with van der Waals surface area (Å²) in [6.45, 7) is 0. The van der Waals surface area contributed by atoms with Crippen LogP contribution in [-0.2, 0) is 0 Å². The van der Waals surface area contributed by atoms with Crippen LogP contribution in [0.3, 0.4) is 0 Å². The maximum atomic E-state index is 13.8. The smallest absolute Gasteiger partial charge is 0.280 e. The normalized spacial score (nSPS) is 11.6. The summed E-state index contributed by atoms with van der Waals surface area (Å²) in [6.07, 6.45) is 0. The van der Waals surface area contributed by atoms with Crippen molar-refractivity contribution in [1.82, 2.24) is 19.7 Å². The van der Waals surface area contributed by atoms with Gasteiger partial charge in [0.2, 0.25) is 0 Å². The molecule has 3 aromatic heterocycles. The first-order valence-corrected chi connectivity index (χ1v) is 11.7. The van der Waals surface area contributed by atoms with E-state index in [1.807, 2.05) is 91.0 Å². The third-order valence-electron chi connectivity index (χ3n) is 6.69. The minimum absolute atomic E-state index is 0.208. The summed E-state index contributed by atoms with van der Waals surface area (Å²) in [5.41, 5.74) is 3.10. The molecule has 6 heteroatoms. The van der Waals surface area contributed by atoms with E-state index in [0.29, 0.717) is 16.9 Å². The van der Waals surface area contributed by atoms with E-state index in [2.05, 4.69) is 11.1 Å². The van der Waals surface area contributed by atoms with Crippen molar-refractivity contribution < 1.29 is 4.74 Å². The van der Waals surface area contributed by atoms with Gasteiger partial charge in [0.15, 0.2) is 5.82 Å². The number of benzene rings is 4. The van der Waals surface area contributed by atoms with Crippen molar-refractivity contribution >= 4 is 43.5 Å². The number of pyridine rings is 1. The van der Waals surface area contributed by atoms with Gasteiger partial charge in [-0.2, -0.15) is 9.78 Å². The Labute approximate surface area is 205 Å². The van der Waals surface area contributed by atoms with Gasteiger partial charge in [-0.25, -0.2) is 4.98 Å². The summed E-state index contributed by atoms with van der Waals surface area (Å²) in [4.78, 5) is 22.2. The molecule has 172 valence electrons. The average Bonchev–Trinajstić information content (AvgIpc) is 3.31. The van der Waals surface area contributed by atoms with Crippen LogP contribution in [0.5, 0.6) is 5.75 Å². The van der Waals surface area contributed by atoms with Gasteiger partial charge in [0.25, 0.3) is 5.56 Å². The number of aromatic nitrogens is 4. The molecule has 3 heterocycles. The number of H-pyrrole nitrogens is 1. The minimum Gasteiger partial charge on any atom is -0.497 e. The van der Waals surface area contributed by atoms with E-state index < -0.39 is 0 Å². The lowest BCUT2D eigenvalue weighted by molar-refractivity contribution is 0.415. The highest BCUT2D eigenvalue weighted by Gasteiger charge is 2.19. The van der Waals surface area contributed by atoms with Gasteiger partial charge < -0.3 is 9.72 Å². The Hall–Kier alpha value is -4.97. The quantitative estimate of drug-likeness (QED) is 0.333. The second-order valence-corrected chi connectivity index (χ2v) is 8.72. The van der Waals surface area contributed by atoms with Gasteiger partial charge in [-0.3, -0.25) is 4.79 Å². The van der Waals surface area contributed by atoms with Crippen molar-refractivity contribution in [3.8, 4) is 22.8 Å². The molecule has 0 amide bonds. The van der Waals surface area contributed by atoms with Crippen LogP contribution in [0.25, 0.3) is 60.6 Å². The molecule has 0 radical (unpaired) electrons. The van der Waals surface area contributed by atoms with Crippen molar-refractivity contribution in [2.45, 2.75) is 0 Å². The third-order valence-corrected chi connectivity index (χ3v) is 6.69. The van der Waals surface area contributed by atoms with Crippen molar-refractivity contribution in [3.63, 3.8) is 0 Å². The Balaban J connectivity index is 1.62. The molecule has 0 atom stereocenters. The molecule has 0 spiro atoms. The fourth-order valence-corrected chi connectivity index (χ4v) is 5.01. The molecule has 0 aliphatic rings. The maximum Gasteiger partial charge on any atom is 0.280 e. The Morgan fingerprint density at radius 1 is 0.750 bits per heavy atom. The SMILES string of the molecule is COc1ccc2[nH]c3nc(-n4nc(-c5ccccc5)c5ccccc5c4=O)c4ccccc4c3c2c1. The lowest BCUT2D eigenvalue weighted by atomic mass is 10.0. The van der Waals surface area contributed by atoms with Crippen LogP contribution in [0, 0.1) is 0 Å². The molecule has 0 aliphatic carbocycles. The average molecular weight is 469 g/mol. The number of hydrogen-bond donors (Lipinski definition) is 1. The Kier molecular flexibility index (Phi) is 4.41. The van der Waals surface area contributed by atoms with Crippen molar-refractivity contribution in [3.05, 3.63) is 107 Å². The van der Waals surface area contributed by atoms with Crippen LogP contribution in [0.4, 0.5) is 0 Å². The molecule has 7 aromatic rings. The van der Waals surface area contributed by atoms with E-state index in [0.717, 1.165) is 49.5 Å². The van der Waals surface area contributed by atoms with Gasteiger partial charge in [0.05, 0.1) is 18.2 Å². The molecule has 4 aromatic carbocycles. The van der Waals surface area contributed by atoms with E-state index in [-0.39, 0.29) is 5.56 Å². The number of fused-ring (bicyclic) bond motifs is 6. The maximum absolute atomic E-state index is 13.8. The lowest BCUT2D eigenvalue weighted by Crippen LogP contribution is -2.23. The zero-order chi connectivity index (χ0) is 24.2. The van der Waals surface area contributed by atoms with Gasteiger partial charge >= 0.3 is 0 Å². The monoisotopic (exact) mass is 468 g/mol. The van der Waals surface area contributed by atoms with E-state index in [1.165, 1.54) is 4.68 Å². The number of nitrogens with one attached hydrogen (secondary N) is 1. The Morgan fingerprint density at radius 2 is 1.44 bits per heavy atom. The lowest BCUT2D eigenvalue weighted by Gasteiger charge is -2.13. The van der Waals surface area contributed by atoms with E-state index in [4.69, 9.17) is 14.8 Å². The van der Waals surface area contributed by atoms with Crippen LogP contribution in [-0.4, -0.2) is 26.9 Å². The number of nitrogens with zero attached hydrogens (tertiary/aromatic N) is 3. The molecular formula is C30H20N4O2. The Bertz CT molecular complexity index is 2010. The first kappa shape index (κ1) is 20.4. The number of hydrogen-bond acceptors (Lipinski definition) is 4. The molecule has 0 bridgehead atoms. The number of rotatable bonds is 3. The summed E-state index contributed by atoms with van der Waals surface area (Å²) in [5.74, 6) is 1.26. The second kappa shape index (κ2) is 7.78. The minimum atomic E-state index is -0.208. The van der Waals surface area contributed by atoms with Crippen LogP contribution in [0.15, 0.2) is 102 Å². The molecule has 0 saturated carbocycles. The van der Waals surface area contributed by atoms with Gasteiger partial charge in [-0.05, 0) is 29.7 Å². The molecule has 36 heavy (non-hydrogen) atoms. The highest BCUT2D eigenvalue weighted by molar-refractivity contribution is 6.20. The molecular weight excluding hydrogens is 448 g/mol. The Morgan fingerprint density at radius 3 is 2.22 bits per heavy atom. The standard InChI is InChI=1S/C30H20N4O2/c1-36-19-15-16-25-24(17-19)26-20-11-5-7-13-22(20)29(32-28(26)31-25)34-30(35)23-14-8-6-12-21(23)27(33-34)18-9-3-2-4-10-18/h2-17H,1H3,(H,31,32). The largest absolute Gasteiger partial charge is 0.497 e. The number of aromatic amines is 1. The molecule has 1 N–H and O–H groups in total. The van der Waals surface area contributed by atoms with Crippen LogP contribution < -0.4 is 10.3 Å². The van der Waals surface area contributed by atoms with Gasteiger partial charge in [0.1, 0.15) is 11.4 Å². The highest BCUT2D eigenvalue weighted by atomic mass is 16.5. The highest BCUT2D eigenvalue weighted by Crippen LogP contribution is 2.35. The molecule has 0 fully saturated rings. The molecule has 0 saturated heterocycles. The third kappa shape index (κ3) is 2.94. The van der Waals surface area contributed by atoms with E-state index in [1.54, 1.807) is 7.11 Å². The summed E-state index contributed by atoms with van der Waals surface area (Å²) in [5, 5.41) is 10.1. The van der Waals surface area contributed by atoms with Crippen LogP contribution >= 0.6 is 0 Å². The summed E-state index contributed by atoms with van der Waals surface area (Å²) < 4.78 is 6.91. The predicted octanol–water partition coefficient (Wildman–Crippen LogP) is 6.24. The van der Waals surface area contributed by atoms with Crippen LogP contribution in [0.1, 0.15) is 0 Å². The molecule has 7 rings (SSSR count). The summed E-state index contributed by atoms with van der Waals surface area (Å²) in [7, 11) is 1.66. The zero-order valence-electron chi connectivity index (χ0n) is 19.4. The number of ether oxygens (including phenoxy) is 1. The fourth-order valence-electron chi connectivity index (χ4n) is 5.01. The topological polar surface area (TPSA) is 72.8 Å². The first-order valence-electron chi connectivity index (χ1n) is 11.7. The second-order valence-electron chi connectivity index (χ2n) is 8.72. The summed E-state index contributed by atoms with van der Waals surface area (Å²) in [6, 6.07) is 31.4.